The maximum atomic E-state index is 11.9. The molecule has 20 heavy (non-hydrogen) atoms. The maximum Gasteiger partial charge on any atom is 0.233 e. The fourth-order valence-electron chi connectivity index (χ4n) is 2.57. The Bertz CT molecular complexity index is 522. The minimum Gasteiger partial charge on any atom is -0.493 e. The quantitative estimate of drug-likeness (QED) is 0.849. The van der Waals surface area contributed by atoms with Crippen LogP contribution in [-0.2, 0) is 11.2 Å². The van der Waals surface area contributed by atoms with Gasteiger partial charge in [0.2, 0.25) is 5.91 Å². The number of aliphatic hydroxyl groups excluding tert-OH is 2. The summed E-state index contributed by atoms with van der Waals surface area (Å²) in [6.07, 6.45) is 0.00578. The summed E-state index contributed by atoms with van der Waals surface area (Å²) in [5, 5.41) is 18.4. The van der Waals surface area contributed by atoms with Crippen molar-refractivity contribution in [1.82, 2.24) is 4.90 Å². The third-order valence-corrected chi connectivity index (χ3v) is 4.84. The van der Waals surface area contributed by atoms with E-state index >= 15 is 0 Å². The zero-order chi connectivity index (χ0) is 14.1. The van der Waals surface area contributed by atoms with Crippen molar-refractivity contribution in [1.29, 1.82) is 0 Å². The van der Waals surface area contributed by atoms with Gasteiger partial charge in [-0.1, -0.05) is 6.07 Å². The molecule has 0 saturated carbocycles. The molecular weight excluding hydrogens is 278 g/mol. The summed E-state index contributed by atoms with van der Waals surface area (Å²) in [5.41, 5.74) is 2.22. The lowest BCUT2D eigenvalue weighted by Crippen LogP contribution is -2.37. The Kier molecular flexibility index (Phi) is 3.87. The van der Waals surface area contributed by atoms with Crippen molar-refractivity contribution < 1.29 is 19.7 Å². The zero-order valence-electron chi connectivity index (χ0n) is 11.0. The molecule has 0 spiro atoms. The summed E-state index contributed by atoms with van der Waals surface area (Å²) in [6, 6.07) is 6.00. The number of ether oxygens (including phenoxy) is 1. The Hall–Kier alpha value is -1.24. The third-order valence-electron chi connectivity index (χ3n) is 3.58. The normalized spacial score (nSPS) is 22.8. The predicted octanol–water partition coefficient (Wildman–Crippen LogP) is 0.549. The first-order valence-electron chi connectivity index (χ1n) is 6.64. The van der Waals surface area contributed by atoms with Crippen LogP contribution >= 0.6 is 11.8 Å². The maximum absolute atomic E-state index is 11.9. The van der Waals surface area contributed by atoms with Gasteiger partial charge in [0.1, 0.15) is 11.1 Å². The standard InChI is InChI=1S/C14H17NO4S/c16-7-11(17)6-15-13(18)8-20-14(15)10-1-2-12-9(5-10)3-4-19-12/h1-2,5,11,14,16-17H,3-4,6-8H2. The number of nitrogens with zero attached hydrogens (tertiary/aromatic N) is 1. The number of hydrogen-bond acceptors (Lipinski definition) is 5. The van der Waals surface area contributed by atoms with E-state index in [1.54, 1.807) is 16.7 Å². The van der Waals surface area contributed by atoms with Crippen LogP contribution in [-0.4, -0.2) is 52.6 Å². The van der Waals surface area contributed by atoms with E-state index in [-0.39, 0.29) is 24.4 Å². The second-order valence-electron chi connectivity index (χ2n) is 5.01. The summed E-state index contributed by atoms with van der Waals surface area (Å²) in [7, 11) is 0. The summed E-state index contributed by atoms with van der Waals surface area (Å²) in [4.78, 5) is 13.6. The molecule has 108 valence electrons. The summed E-state index contributed by atoms with van der Waals surface area (Å²) >= 11 is 1.55. The SMILES string of the molecule is O=C1CSC(c2ccc3c(c2)CCO3)N1CC(O)CO. The number of amides is 1. The van der Waals surface area contributed by atoms with E-state index < -0.39 is 6.10 Å². The predicted molar refractivity (Wildman–Crippen MR) is 75.6 cm³/mol. The van der Waals surface area contributed by atoms with E-state index in [0.717, 1.165) is 17.7 Å². The van der Waals surface area contributed by atoms with E-state index in [1.165, 1.54) is 5.56 Å². The molecule has 1 amide bonds. The van der Waals surface area contributed by atoms with E-state index in [9.17, 15) is 9.90 Å². The molecule has 2 N–H and O–H groups in total. The van der Waals surface area contributed by atoms with Gasteiger partial charge in [-0.25, -0.2) is 0 Å². The number of β-amino-alcohol motifs (C(OH)–C–C–N with tert-alkyl or cyclic N) is 1. The van der Waals surface area contributed by atoms with Gasteiger partial charge < -0.3 is 19.8 Å². The minimum absolute atomic E-state index is 0.00393. The largest absolute Gasteiger partial charge is 0.493 e. The Morgan fingerprint density at radius 3 is 3.15 bits per heavy atom. The lowest BCUT2D eigenvalue weighted by molar-refractivity contribution is -0.129. The van der Waals surface area contributed by atoms with Crippen LogP contribution in [0.3, 0.4) is 0 Å². The second kappa shape index (κ2) is 5.63. The highest BCUT2D eigenvalue weighted by molar-refractivity contribution is 8.00. The van der Waals surface area contributed by atoms with E-state index in [0.29, 0.717) is 12.4 Å². The zero-order valence-corrected chi connectivity index (χ0v) is 11.8. The Morgan fingerprint density at radius 2 is 2.35 bits per heavy atom. The fraction of sp³-hybridized carbons (Fsp3) is 0.500. The van der Waals surface area contributed by atoms with Gasteiger partial charge in [-0.3, -0.25) is 4.79 Å². The van der Waals surface area contributed by atoms with Crippen LogP contribution in [0.15, 0.2) is 18.2 Å². The third kappa shape index (κ3) is 2.51. The lowest BCUT2D eigenvalue weighted by atomic mass is 10.1. The molecule has 1 saturated heterocycles. The van der Waals surface area contributed by atoms with E-state index in [4.69, 9.17) is 9.84 Å². The van der Waals surface area contributed by atoms with Crippen LogP contribution in [0.4, 0.5) is 0 Å². The van der Waals surface area contributed by atoms with Crippen molar-refractivity contribution in [2.45, 2.75) is 17.9 Å². The number of hydrogen-bond donors (Lipinski definition) is 2. The Balaban J connectivity index is 1.82. The average molecular weight is 295 g/mol. The Labute approximate surface area is 121 Å². The molecule has 2 aliphatic rings. The van der Waals surface area contributed by atoms with Crippen LogP contribution in [0.25, 0.3) is 0 Å². The van der Waals surface area contributed by atoms with Crippen LogP contribution in [0.1, 0.15) is 16.5 Å². The number of rotatable bonds is 4. The van der Waals surface area contributed by atoms with Crippen molar-refractivity contribution in [3.05, 3.63) is 29.3 Å². The van der Waals surface area contributed by atoms with Gasteiger partial charge in [0, 0.05) is 6.42 Å². The van der Waals surface area contributed by atoms with Gasteiger partial charge >= 0.3 is 0 Å². The molecule has 2 atom stereocenters. The Morgan fingerprint density at radius 1 is 1.50 bits per heavy atom. The molecule has 2 unspecified atom stereocenters. The van der Waals surface area contributed by atoms with E-state index in [2.05, 4.69) is 6.07 Å². The molecule has 2 aliphatic heterocycles. The molecule has 3 rings (SSSR count). The first kappa shape index (κ1) is 13.7. The smallest absolute Gasteiger partial charge is 0.233 e. The number of thioether (sulfide) groups is 1. The molecule has 2 heterocycles. The van der Waals surface area contributed by atoms with Gasteiger partial charge in [0.25, 0.3) is 0 Å². The van der Waals surface area contributed by atoms with Crippen molar-refractivity contribution in [3.63, 3.8) is 0 Å². The molecule has 6 heteroatoms. The number of benzene rings is 1. The highest BCUT2D eigenvalue weighted by Crippen LogP contribution is 2.40. The van der Waals surface area contributed by atoms with Gasteiger partial charge in [0.05, 0.1) is 31.6 Å². The molecule has 1 fully saturated rings. The number of carbonyl (C=O) groups excluding carboxylic acids is 1. The van der Waals surface area contributed by atoms with Crippen LogP contribution in [0.5, 0.6) is 5.75 Å². The monoisotopic (exact) mass is 295 g/mol. The molecule has 0 radical (unpaired) electrons. The fourth-order valence-corrected chi connectivity index (χ4v) is 3.76. The summed E-state index contributed by atoms with van der Waals surface area (Å²) in [5.74, 6) is 1.34. The van der Waals surface area contributed by atoms with Crippen molar-refractivity contribution in [2.24, 2.45) is 0 Å². The molecule has 1 aromatic rings. The van der Waals surface area contributed by atoms with Crippen LogP contribution < -0.4 is 4.74 Å². The van der Waals surface area contributed by atoms with Crippen molar-refractivity contribution in [3.8, 4) is 5.75 Å². The van der Waals surface area contributed by atoms with Gasteiger partial charge in [-0.15, -0.1) is 11.8 Å². The lowest BCUT2D eigenvalue weighted by Gasteiger charge is -2.26. The van der Waals surface area contributed by atoms with Crippen LogP contribution in [0, 0.1) is 0 Å². The minimum atomic E-state index is -0.891. The summed E-state index contributed by atoms with van der Waals surface area (Å²) in [6.45, 7) is 0.544. The first-order chi connectivity index (χ1) is 9.69. The highest BCUT2D eigenvalue weighted by atomic mass is 32.2. The number of fused-ring (bicyclic) bond motifs is 1. The van der Waals surface area contributed by atoms with Crippen LogP contribution in [0.2, 0.25) is 0 Å². The molecule has 1 aromatic carbocycles. The van der Waals surface area contributed by atoms with Gasteiger partial charge in [-0.05, 0) is 23.3 Å². The molecular formula is C14H17NO4S. The number of carbonyl (C=O) groups is 1. The van der Waals surface area contributed by atoms with E-state index in [1.807, 2.05) is 12.1 Å². The van der Waals surface area contributed by atoms with Gasteiger partial charge in [0.15, 0.2) is 0 Å². The van der Waals surface area contributed by atoms with Gasteiger partial charge in [-0.2, -0.15) is 0 Å². The van der Waals surface area contributed by atoms with Crippen molar-refractivity contribution in [2.75, 3.05) is 25.5 Å². The highest BCUT2D eigenvalue weighted by Gasteiger charge is 2.34. The second-order valence-corrected chi connectivity index (χ2v) is 6.08. The molecule has 5 nitrogen and oxygen atoms in total. The summed E-state index contributed by atoms with van der Waals surface area (Å²) < 4.78 is 5.49. The average Bonchev–Trinajstić information content (AvgIpc) is 3.05. The molecule has 0 aromatic heterocycles. The topological polar surface area (TPSA) is 70.0 Å². The molecule has 0 aliphatic carbocycles. The molecule has 0 bridgehead atoms. The number of aliphatic hydroxyl groups is 2. The van der Waals surface area contributed by atoms with Crippen molar-refractivity contribution >= 4 is 17.7 Å². The first-order valence-corrected chi connectivity index (χ1v) is 7.69.